The number of nitrogens with zero attached hydrogens (tertiary/aromatic N) is 3. The van der Waals surface area contributed by atoms with Gasteiger partial charge in [0.25, 0.3) is 0 Å². The summed E-state index contributed by atoms with van der Waals surface area (Å²) < 4.78 is 25.7. The quantitative estimate of drug-likeness (QED) is 0.725. The largest absolute Gasteiger partial charge is 0.355 e. The van der Waals surface area contributed by atoms with Crippen LogP contribution in [0.5, 0.6) is 0 Å². The Morgan fingerprint density at radius 3 is 2.92 bits per heavy atom. The number of sulfone groups is 1. The molecule has 13 heavy (non-hydrogen) atoms. The minimum atomic E-state index is -2.83. The molecule has 0 amide bonds. The lowest BCUT2D eigenvalue weighted by Gasteiger charge is -2.06. The summed E-state index contributed by atoms with van der Waals surface area (Å²) in [5.41, 5.74) is 0. The lowest BCUT2D eigenvalue weighted by atomic mass is 10.3. The fourth-order valence-corrected chi connectivity index (χ4v) is 3.39. The zero-order chi connectivity index (χ0) is 9.31. The third-order valence-electron chi connectivity index (χ3n) is 1.86. The highest BCUT2D eigenvalue weighted by Gasteiger charge is 2.28. The van der Waals surface area contributed by atoms with Gasteiger partial charge in [0.15, 0.2) is 9.84 Å². The number of aromatic nitrogens is 3. The van der Waals surface area contributed by atoms with Gasteiger partial charge in [-0.05, 0) is 11.6 Å². The van der Waals surface area contributed by atoms with Crippen molar-refractivity contribution in [3.05, 3.63) is 0 Å². The zero-order valence-electron chi connectivity index (χ0n) is 6.67. The van der Waals surface area contributed by atoms with Crippen LogP contribution < -0.4 is 5.32 Å². The zero-order valence-corrected chi connectivity index (χ0v) is 8.31. The molecule has 72 valence electrons. The molecule has 1 aromatic heterocycles. The first-order chi connectivity index (χ1) is 6.16. The van der Waals surface area contributed by atoms with E-state index in [1.807, 2.05) is 0 Å². The first kappa shape index (κ1) is 8.82. The molecule has 1 saturated heterocycles. The standard InChI is InChI=1S/C5H8N4O2S2/c10-13(11)2-1-4(3-13)6-5-7-8-9-12-5/h4H,1-3H2,(H,6,7,9). The van der Waals surface area contributed by atoms with E-state index in [9.17, 15) is 8.42 Å². The van der Waals surface area contributed by atoms with E-state index in [-0.39, 0.29) is 17.5 Å². The SMILES string of the molecule is O=S1(=O)CCC(Nc2nnns2)C1. The molecule has 1 aliphatic rings. The summed E-state index contributed by atoms with van der Waals surface area (Å²) in [6.07, 6.45) is 0.641. The molecule has 2 rings (SSSR count). The molecule has 6 nitrogen and oxygen atoms in total. The van der Waals surface area contributed by atoms with Gasteiger partial charge in [0.05, 0.1) is 11.5 Å². The van der Waals surface area contributed by atoms with Gasteiger partial charge in [-0.25, -0.2) is 8.42 Å². The van der Waals surface area contributed by atoms with Gasteiger partial charge < -0.3 is 5.32 Å². The Morgan fingerprint density at radius 2 is 2.38 bits per heavy atom. The first-order valence-corrected chi connectivity index (χ1v) is 6.37. The lowest BCUT2D eigenvalue weighted by molar-refractivity contribution is 0.602. The average molecular weight is 220 g/mol. The molecule has 1 N–H and O–H groups in total. The van der Waals surface area contributed by atoms with Gasteiger partial charge in [0.1, 0.15) is 0 Å². The van der Waals surface area contributed by atoms with Crippen molar-refractivity contribution < 1.29 is 8.42 Å². The summed E-state index contributed by atoms with van der Waals surface area (Å²) in [4.78, 5) is 0. The van der Waals surface area contributed by atoms with Gasteiger partial charge in [0.2, 0.25) is 5.13 Å². The minimum absolute atomic E-state index is 0.0280. The van der Waals surface area contributed by atoms with Crippen molar-refractivity contribution >= 4 is 26.5 Å². The van der Waals surface area contributed by atoms with Gasteiger partial charge >= 0.3 is 0 Å². The third-order valence-corrected chi connectivity index (χ3v) is 4.15. The molecule has 0 spiro atoms. The summed E-state index contributed by atoms with van der Waals surface area (Å²) in [5.74, 6) is 0.448. The molecular weight excluding hydrogens is 212 g/mol. The number of anilines is 1. The first-order valence-electron chi connectivity index (χ1n) is 3.78. The number of hydrogen-bond donors (Lipinski definition) is 1. The van der Waals surface area contributed by atoms with Gasteiger partial charge in [-0.1, -0.05) is 9.59 Å². The van der Waals surface area contributed by atoms with Gasteiger partial charge in [0, 0.05) is 17.6 Å². The van der Waals surface area contributed by atoms with E-state index in [1.54, 1.807) is 0 Å². The molecule has 1 unspecified atom stereocenters. The molecule has 0 radical (unpaired) electrons. The summed E-state index contributed by atoms with van der Waals surface area (Å²) in [5, 5.41) is 10.7. The Balaban J connectivity index is 1.99. The van der Waals surface area contributed by atoms with Crippen LogP contribution in [0.1, 0.15) is 6.42 Å². The van der Waals surface area contributed by atoms with Crippen LogP contribution in [0.2, 0.25) is 0 Å². The van der Waals surface area contributed by atoms with Crippen LogP contribution in [-0.2, 0) is 9.84 Å². The monoisotopic (exact) mass is 220 g/mol. The second-order valence-corrected chi connectivity index (χ2v) is 5.87. The van der Waals surface area contributed by atoms with E-state index in [0.29, 0.717) is 11.6 Å². The maximum atomic E-state index is 11.1. The molecular formula is C5H8N4O2S2. The van der Waals surface area contributed by atoms with Crippen molar-refractivity contribution in [2.45, 2.75) is 12.5 Å². The predicted molar refractivity (Wildman–Crippen MR) is 48.4 cm³/mol. The number of rotatable bonds is 2. The highest BCUT2D eigenvalue weighted by Crippen LogP contribution is 2.16. The van der Waals surface area contributed by atoms with E-state index in [1.165, 1.54) is 0 Å². The maximum absolute atomic E-state index is 11.1. The third kappa shape index (κ3) is 2.13. The Morgan fingerprint density at radius 1 is 1.54 bits per heavy atom. The van der Waals surface area contributed by atoms with Crippen molar-refractivity contribution in [1.82, 2.24) is 14.8 Å². The van der Waals surface area contributed by atoms with E-state index in [2.05, 4.69) is 20.1 Å². The Labute approximate surface area is 79.4 Å². The van der Waals surface area contributed by atoms with Crippen LogP contribution in [0.3, 0.4) is 0 Å². The van der Waals surface area contributed by atoms with Gasteiger partial charge in [-0.3, -0.25) is 0 Å². The van der Waals surface area contributed by atoms with Crippen molar-refractivity contribution in [1.29, 1.82) is 0 Å². The van der Waals surface area contributed by atoms with Gasteiger partial charge in [-0.2, -0.15) is 0 Å². The smallest absolute Gasteiger partial charge is 0.225 e. The fourth-order valence-electron chi connectivity index (χ4n) is 1.27. The van der Waals surface area contributed by atoms with E-state index < -0.39 is 9.84 Å². The Bertz CT molecular complexity index is 373. The fraction of sp³-hybridized carbons (Fsp3) is 0.800. The summed E-state index contributed by atoms with van der Waals surface area (Å²) in [6, 6.07) is -0.0280. The maximum Gasteiger partial charge on any atom is 0.225 e. The van der Waals surface area contributed by atoms with E-state index in [4.69, 9.17) is 0 Å². The summed E-state index contributed by atoms with van der Waals surface area (Å²) >= 11 is 1.13. The van der Waals surface area contributed by atoms with Crippen LogP contribution in [0.25, 0.3) is 0 Å². The van der Waals surface area contributed by atoms with Gasteiger partial charge in [-0.15, -0.1) is 0 Å². The lowest BCUT2D eigenvalue weighted by Crippen LogP contribution is -2.20. The van der Waals surface area contributed by atoms with Crippen LogP contribution in [0.15, 0.2) is 0 Å². The van der Waals surface area contributed by atoms with Crippen LogP contribution in [-0.4, -0.2) is 40.8 Å². The molecule has 0 aromatic carbocycles. The second-order valence-electron chi connectivity index (χ2n) is 2.91. The molecule has 0 bridgehead atoms. The molecule has 1 aromatic rings. The van der Waals surface area contributed by atoms with E-state index >= 15 is 0 Å². The molecule has 1 aliphatic heterocycles. The molecule has 2 heterocycles. The molecule has 0 aliphatic carbocycles. The normalized spacial score (nSPS) is 26.0. The van der Waals surface area contributed by atoms with Crippen molar-refractivity contribution in [3.8, 4) is 0 Å². The van der Waals surface area contributed by atoms with Crippen LogP contribution >= 0.6 is 11.5 Å². The van der Waals surface area contributed by atoms with Crippen molar-refractivity contribution in [2.24, 2.45) is 0 Å². The average Bonchev–Trinajstić information content (AvgIpc) is 2.61. The Hall–Kier alpha value is -0.760. The Kier molecular flexibility index (Phi) is 2.16. The predicted octanol–water partition coefficient (Wildman–Crippen LogP) is -0.468. The summed E-state index contributed by atoms with van der Waals surface area (Å²) in [7, 11) is -2.83. The highest BCUT2D eigenvalue weighted by molar-refractivity contribution is 7.91. The number of nitrogens with one attached hydrogen (secondary N) is 1. The van der Waals surface area contributed by atoms with Crippen molar-refractivity contribution in [2.75, 3.05) is 16.8 Å². The highest BCUT2D eigenvalue weighted by atomic mass is 32.2. The van der Waals surface area contributed by atoms with Crippen LogP contribution in [0.4, 0.5) is 5.13 Å². The summed E-state index contributed by atoms with van der Waals surface area (Å²) in [6.45, 7) is 0. The topological polar surface area (TPSA) is 84.8 Å². The minimum Gasteiger partial charge on any atom is -0.355 e. The molecule has 0 saturated carbocycles. The molecule has 1 atom stereocenters. The molecule has 8 heteroatoms. The second kappa shape index (κ2) is 3.18. The van der Waals surface area contributed by atoms with Crippen LogP contribution in [0, 0.1) is 0 Å². The van der Waals surface area contributed by atoms with E-state index in [0.717, 1.165) is 11.5 Å². The van der Waals surface area contributed by atoms with Crippen molar-refractivity contribution in [3.63, 3.8) is 0 Å². The number of hydrogen-bond acceptors (Lipinski definition) is 7. The molecule has 1 fully saturated rings.